The van der Waals surface area contributed by atoms with Crippen molar-refractivity contribution in [3.05, 3.63) is 88.2 Å². The predicted octanol–water partition coefficient (Wildman–Crippen LogP) is 6.07. The monoisotopic (exact) mass is 573 g/mol. The van der Waals surface area contributed by atoms with E-state index >= 15 is 0 Å². The summed E-state index contributed by atoms with van der Waals surface area (Å²) in [6.45, 7) is 4.52. The molecule has 0 spiro atoms. The summed E-state index contributed by atoms with van der Waals surface area (Å²) in [4.78, 5) is 19.0. The van der Waals surface area contributed by atoms with Gasteiger partial charge in [0.2, 0.25) is 0 Å². The van der Waals surface area contributed by atoms with Crippen LogP contribution in [-0.4, -0.2) is 57.9 Å². The van der Waals surface area contributed by atoms with Gasteiger partial charge in [0.1, 0.15) is 12.4 Å². The van der Waals surface area contributed by atoms with Crippen LogP contribution in [0.15, 0.2) is 60.7 Å². The number of likely N-dealkylation sites (tertiary alicyclic amines) is 1. The molecular weight excluding hydrogens is 542 g/mol. The molecule has 212 valence electrons. The molecule has 41 heavy (non-hydrogen) atoms. The SMILES string of the molecule is O=C(O)c1ccc2nc(CN3CCC(c4cccc5c4OCC(c4ccc(Cl)cc4)O5)CC3)n(C[C@@H]3CCO3)c2c1. The van der Waals surface area contributed by atoms with Crippen LogP contribution in [0.25, 0.3) is 11.0 Å². The Kier molecular flexibility index (Phi) is 7.06. The molecule has 8 nitrogen and oxygen atoms in total. The minimum absolute atomic E-state index is 0.149. The van der Waals surface area contributed by atoms with Crippen LogP contribution in [0.2, 0.25) is 5.02 Å². The Morgan fingerprint density at radius 3 is 2.59 bits per heavy atom. The smallest absolute Gasteiger partial charge is 0.335 e. The Hall–Kier alpha value is -3.59. The van der Waals surface area contributed by atoms with Crippen molar-refractivity contribution < 1.29 is 24.1 Å². The highest BCUT2D eigenvalue weighted by molar-refractivity contribution is 6.30. The lowest BCUT2D eigenvalue weighted by Gasteiger charge is -2.35. The average Bonchev–Trinajstić information content (AvgIpc) is 3.31. The number of ether oxygens (including phenoxy) is 3. The van der Waals surface area contributed by atoms with Crippen LogP contribution in [0.5, 0.6) is 11.5 Å². The van der Waals surface area contributed by atoms with Crippen molar-refractivity contribution in [3.8, 4) is 11.5 Å². The first-order valence-electron chi connectivity index (χ1n) is 14.3. The van der Waals surface area contributed by atoms with Crippen molar-refractivity contribution >= 4 is 28.6 Å². The molecule has 1 N–H and O–H groups in total. The van der Waals surface area contributed by atoms with E-state index in [4.69, 9.17) is 30.8 Å². The second-order valence-electron chi connectivity index (χ2n) is 11.1. The Labute approximate surface area is 243 Å². The summed E-state index contributed by atoms with van der Waals surface area (Å²) in [6, 6.07) is 19.1. The summed E-state index contributed by atoms with van der Waals surface area (Å²) < 4.78 is 20.6. The number of hydrogen-bond donors (Lipinski definition) is 1. The summed E-state index contributed by atoms with van der Waals surface area (Å²) in [5.41, 5.74) is 4.22. The second-order valence-corrected chi connectivity index (χ2v) is 11.6. The first kappa shape index (κ1) is 26.3. The molecule has 7 rings (SSSR count). The number of hydrogen-bond acceptors (Lipinski definition) is 6. The van der Waals surface area contributed by atoms with E-state index in [1.165, 1.54) is 5.56 Å². The van der Waals surface area contributed by atoms with Crippen LogP contribution in [0, 0.1) is 0 Å². The van der Waals surface area contributed by atoms with E-state index in [9.17, 15) is 9.90 Å². The van der Waals surface area contributed by atoms with Gasteiger partial charge in [0.25, 0.3) is 0 Å². The zero-order chi connectivity index (χ0) is 27.9. The molecule has 0 radical (unpaired) electrons. The number of rotatable bonds is 7. The Morgan fingerprint density at radius 2 is 1.85 bits per heavy atom. The molecule has 2 atom stereocenters. The zero-order valence-electron chi connectivity index (χ0n) is 22.7. The van der Waals surface area contributed by atoms with Crippen LogP contribution in [0.1, 0.15) is 58.6 Å². The number of aromatic nitrogens is 2. The van der Waals surface area contributed by atoms with E-state index < -0.39 is 5.97 Å². The van der Waals surface area contributed by atoms with Gasteiger partial charge in [-0.3, -0.25) is 4.90 Å². The molecule has 0 bridgehead atoms. The second kappa shape index (κ2) is 11.0. The summed E-state index contributed by atoms with van der Waals surface area (Å²) in [7, 11) is 0. The lowest BCUT2D eigenvalue weighted by atomic mass is 9.88. The van der Waals surface area contributed by atoms with Gasteiger partial charge in [-0.25, -0.2) is 9.78 Å². The number of benzene rings is 3. The Bertz CT molecular complexity index is 1570. The molecule has 0 amide bonds. The minimum Gasteiger partial charge on any atom is -0.485 e. The van der Waals surface area contributed by atoms with Crippen molar-refractivity contribution in [2.24, 2.45) is 0 Å². The molecular formula is C32H32ClN3O5. The van der Waals surface area contributed by atoms with E-state index in [1.54, 1.807) is 12.1 Å². The molecule has 3 aliphatic rings. The quantitative estimate of drug-likeness (QED) is 0.287. The van der Waals surface area contributed by atoms with Crippen molar-refractivity contribution in [1.29, 1.82) is 0 Å². The van der Waals surface area contributed by atoms with Crippen molar-refractivity contribution in [1.82, 2.24) is 14.5 Å². The summed E-state index contributed by atoms with van der Waals surface area (Å²) in [5, 5.41) is 10.2. The van der Waals surface area contributed by atoms with E-state index in [-0.39, 0.29) is 17.8 Å². The number of carboxylic acids is 1. The van der Waals surface area contributed by atoms with E-state index in [0.29, 0.717) is 30.6 Å². The Balaban J connectivity index is 1.05. The third-order valence-corrected chi connectivity index (χ3v) is 8.80. The first-order valence-corrected chi connectivity index (χ1v) is 14.6. The maximum Gasteiger partial charge on any atom is 0.335 e. The van der Waals surface area contributed by atoms with Gasteiger partial charge in [0.15, 0.2) is 17.6 Å². The topological polar surface area (TPSA) is 86.0 Å². The molecule has 1 aromatic heterocycles. The number of para-hydroxylation sites is 1. The van der Waals surface area contributed by atoms with Crippen LogP contribution in [0.3, 0.4) is 0 Å². The third-order valence-electron chi connectivity index (χ3n) is 8.55. The average molecular weight is 574 g/mol. The van der Waals surface area contributed by atoms with Gasteiger partial charge >= 0.3 is 5.97 Å². The number of imidazole rings is 1. The maximum absolute atomic E-state index is 11.6. The van der Waals surface area contributed by atoms with Crippen LogP contribution in [0.4, 0.5) is 0 Å². The number of halogens is 1. The van der Waals surface area contributed by atoms with Crippen molar-refractivity contribution in [3.63, 3.8) is 0 Å². The van der Waals surface area contributed by atoms with Crippen LogP contribution < -0.4 is 9.47 Å². The van der Waals surface area contributed by atoms with Gasteiger partial charge in [-0.2, -0.15) is 0 Å². The van der Waals surface area contributed by atoms with Gasteiger partial charge in [-0.15, -0.1) is 0 Å². The number of piperidine rings is 1. The molecule has 3 aromatic carbocycles. The van der Waals surface area contributed by atoms with Gasteiger partial charge in [0, 0.05) is 17.2 Å². The van der Waals surface area contributed by atoms with Gasteiger partial charge in [-0.05, 0) is 80.2 Å². The zero-order valence-corrected chi connectivity index (χ0v) is 23.4. The third kappa shape index (κ3) is 5.27. The molecule has 0 saturated carbocycles. The van der Waals surface area contributed by atoms with E-state index in [1.807, 2.05) is 36.4 Å². The number of carbonyl (C=O) groups is 1. The standard InChI is InChI=1S/C32H32ClN3O5/c33-23-7-4-21(5-8-23)29-19-40-31-25(2-1-3-28(31)41-29)20-10-13-35(14-11-20)18-30-34-26-9-6-22(32(37)38)16-27(26)36(30)17-24-12-15-39-24/h1-9,16,20,24,29H,10-15,17-19H2,(H,37,38)/t24-,29?/m0/s1. The van der Waals surface area contributed by atoms with Gasteiger partial charge in [0.05, 0.1) is 35.8 Å². The maximum atomic E-state index is 11.6. The highest BCUT2D eigenvalue weighted by Crippen LogP contribution is 2.44. The molecule has 9 heteroatoms. The number of fused-ring (bicyclic) bond motifs is 2. The summed E-state index contributed by atoms with van der Waals surface area (Å²) >= 11 is 6.06. The number of nitrogens with zero attached hydrogens (tertiary/aromatic N) is 3. The van der Waals surface area contributed by atoms with Crippen molar-refractivity contribution in [2.45, 2.75) is 50.5 Å². The van der Waals surface area contributed by atoms with E-state index in [2.05, 4.69) is 21.6 Å². The van der Waals surface area contributed by atoms with Gasteiger partial charge < -0.3 is 23.9 Å². The fraction of sp³-hybridized carbons (Fsp3) is 0.375. The molecule has 4 aromatic rings. The molecule has 2 fully saturated rings. The number of carboxylic acid groups (broad SMARTS) is 1. The predicted molar refractivity (Wildman–Crippen MR) is 155 cm³/mol. The molecule has 4 heterocycles. The summed E-state index contributed by atoms with van der Waals surface area (Å²) in [5.74, 6) is 2.08. The van der Waals surface area contributed by atoms with Gasteiger partial charge in [-0.1, -0.05) is 35.9 Å². The van der Waals surface area contributed by atoms with E-state index in [0.717, 1.165) is 72.9 Å². The fourth-order valence-corrected chi connectivity index (χ4v) is 6.28. The normalized spacial score (nSPS) is 21.1. The van der Waals surface area contributed by atoms with Crippen LogP contribution >= 0.6 is 11.6 Å². The van der Waals surface area contributed by atoms with Crippen molar-refractivity contribution in [2.75, 3.05) is 26.3 Å². The fourth-order valence-electron chi connectivity index (χ4n) is 6.15. The minimum atomic E-state index is -0.929. The molecule has 2 saturated heterocycles. The molecule has 1 unspecified atom stereocenters. The highest BCUT2D eigenvalue weighted by atomic mass is 35.5. The lowest BCUT2D eigenvalue weighted by Crippen LogP contribution is -2.35. The molecule has 0 aliphatic carbocycles. The number of aromatic carboxylic acids is 1. The Morgan fingerprint density at radius 1 is 1.05 bits per heavy atom. The highest BCUT2D eigenvalue weighted by Gasteiger charge is 2.30. The largest absolute Gasteiger partial charge is 0.485 e. The first-order chi connectivity index (χ1) is 20.0. The summed E-state index contributed by atoms with van der Waals surface area (Å²) in [6.07, 6.45) is 3.02. The lowest BCUT2D eigenvalue weighted by molar-refractivity contribution is -0.0592. The van der Waals surface area contributed by atoms with Crippen LogP contribution in [-0.2, 0) is 17.8 Å². The molecule has 3 aliphatic heterocycles.